The highest BCUT2D eigenvalue weighted by Gasteiger charge is 2.59. The van der Waals surface area contributed by atoms with Crippen LogP contribution in [0.2, 0.25) is 0 Å². The van der Waals surface area contributed by atoms with Crippen LogP contribution in [0.3, 0.4) is 0 Å². The molecule has 0 aliphatic heterocycles. The van der Waals surface area contributed by atoms with Gasteiger partial charge in [0.1, 0.15) is 0 Å². The smallest absolute Gasteiger partial charge is 0.0648 e. The number of benzene rings is 1. The first-order valence-electron chi connectivity index (χ1n) is 12.5. The zero-order chi connectivity index (χ0) is 21.2. The number of hydrogen-bond donors (Lipinski definition) is 1. The van der Waals surface area contributed by atoms with E-state index in [-0.39, 0.29) is 6.10 Å². The van der Waals surface area contributed by atoms with Gasteiger partial charge in [-0.2, -0.15) is 5.10 Å². The maximum absolute atomic E-state index is 10.3. The Morgan fingerprint density at radius 3 is 2.65 bits per heavy atom. The average molecular weight is 417 g/mol. The van der Waals surface area contributed by atoms with Crippen LogP contribution in [0.4, 0.5) is 0 Å². The molecule has 1 aromatic heterocycles. The highest BCUT2D eigenvalue weighted by atomic mass is 16.3. The van der Waals surface area contributed by atoms with E-state index in [2.05, 4.69) is 61.0 Å². The van der Waals surface area contributed by atoms with Crippen molar-refractivity contribution in [2.75, 3.05) is 0 Å². The standard InChI is InChI=1S/C28H36N2O/c1-27-15-12-21(31)18-19(27)8-9-22-23-10-11-25(28(23,2)16-13-24(22)27)26-14-17-29-30(26)20-6-4-3-5-7-20/h3-8,14,17,21-25,31H,9-13,15-16,18H2,1-2H3. The van der Waals surface area contributed by atoms with E-state index < -0.39 is 0 Å². The van der Waals surface area contributed by atoms with Gasteiger partial charge in [0.15, 0.2) is 0 Å². The molecule has 1 N–H and O–H groups in total. The van der Waals surface area contributed by atoms with Crippen molar-refractivity contribution in [2.45, 2.75) is 77.2 Å². The maximum Gasteiger partial charge on any atom is 0.0648 e. The van der Waals surface area contributed by atoms with Crippen LogP contribution in [0.25, 0.3) is 5.69 Å². The Hall–Kier alpha value is -1.87. The summed E-state index contributed by atoms with van der Waals surface area (Å²) in [4.78, 5) is 0. The third-order valence-corrected chi connectivity index (χ3v) is 10.1. The fraction of sp³-hybridized carbons (Fsp3) is 0.607. The van der Waals surface area contributed by atoms with Crippen molar-refractivity contribution < 1.29 is 5.11 Å². The highest BCUT2D eigenvalue weighted by Crippen LogP contribution is 2.68. The molecule has 1 aromatic carbocycles. The lowest BCUT2D eigenvalue weighted by Crippen LogP contribution is -2.50. The van der Waals surface area contributed by atoms with E-state index in [1.165, 1.54) is 49.9 Å². The second-order valence-corrected chi connectivity index (χ2v) is 11.3. The van der Waals surface area contributed by atoms with Crippen LogP contribution in [-0.2, 0) is 0 Å². The van der Waals surface area contributed by atoms with Gasteiger partial charge in [0.25, 0.3) is 0 Å². The summed E-state index contributed by atoms with van der Waals surface area (Å²) in [6.45, 7) is 5.13. The van der Waals surface area contributed by atoms with Crippen molar-refractivity contribution in [3.63, 3.8) is 0 Å². The van der Waals surface area contributed by atoms with Crippen molar-refractivity contribution in [1.82, 2.24) is 9.78 Å². The van der Waals surface area contributed by atoms with E-state index >= 15 is 0 Å². The van der Waals surface area contributed by atoms with E-state index in [0.717, 1.165) is 30.6 Å². The van der Waals surface area contributed by atoms with E-state index in [9.17, 15) is 5.11 Å². The number of para-hydroxylation sites is 1. The first-order valence-corrected chi connectivity index (χ1v) is 12.5. The molecule has 3 saturated carbocycles. The van der Waals surface area contributed by atoms with Gasteiger partial charge in [-0.3, -0.25) is 0 Å². The van der Waals surface area contributed by atoms with E-state index in [4.69, 9.17) is 5.10 Å². The number of allylic oxidation sites excluding steroid dienone is 1. The van der Waals surface area contributed by atoms with Gasteiger partial charge in [0.05, 0.1) is 11.8 Å². The predicted octanol–water partition coefficient (Wildman–Crippen LogP) is 6.28. The number of fused-ring (bicyclic) bond motifs is 5. The van der Waals surface area contributed by atoms with Gasteiger partial charge in [0.2, 0.25) is 0 Å². The van der Waals surface area contributed by atoms with Crippen LogP contribution in [0.5, 0.6) is 0 Å². The van der Waals surface area contributed by atoms with Crippen LogP contribution in [0.1, 0.15) is 76.8 Å². The van der Waals surface area contributed by atoms with Crippen molar-refractivity contribution in [3.05, 3.63) is 59.9 Å². The van der Waals surface area contributed by atoms with E-state index in [1.807, 2.05) is 6.20 Å². The molecule has 3 nitrogen and oxygen atoms in total. The third kappa shape index (κ3) is 2.85. The topological polar surface area (TPSA) is 38.1 Å². The van der Waals surface area contributed by atoms with Gasteiger partial charge < -0.3 is 5.11 Å². The molecule has 6 rings (SSSR count). The molecular formula is C28H36N2O. The third-order valence-electron chi connectivity index (χ3n) is 10.1. The van der Waals surface area contributed by atoms with Crippen LogP contribution >= 0.6 is 0 Å². The summed E-state index contributed by atoms with van der Waals surface area (Å²) in [5.74, 6) is 3.00. The lowest BCUT2D eigenvalue weighted by atomic mass is 9.47. The van der Waals surface area contributed by atoms with Crippen molar-refractivity contribution in [3.8, 4) is 5.69 Å². The van der Waals surface area contributed by atoms with Gasteiger partial charge >= 0.3 is 0 Å². The lowest BCUT2D eigenvalue weighted by Gasteiger charge is -2.58. The fourth-order valence-corrected chi connectivity index (χ4v) is 8.49. The molecular weight excluding hydrogens is 380 g/mol. The van der Waals surface area contributed by atoms with Gasteiger partial charge in [0, 0.05) is 17.8 Å². The molecule has 3 heteroatoms. The maximum atomic E-state index is 10.3. The Morgan fingerprint density at radius 2 is 1.81 bits per heavy atom. The van der Waals surface area contributed by atoms with Crippen LogP contribution in [-0.4, -0.2) is 21.0 Å². The largest absolute Gasteiger partial charge is 0.393 e. The van der Waals surface area contributed by atoms with Gasteiger partial charge in [-0.25, -0.2) is 4.68 Å². The van der Waals surface area contributed by atoms with Gasteiger partial charge in [-0.1, -0.05) is 43.7 Å². The van der Waals surface area contributed by atoms with Crippen molar-refractivity contribution in [2.24, 2.45) is 28.6 Å². The summed E-state index contributed by atoms with van der Waals surface area (Å²) in [6, 6.07) is 12.9. The summed E-state index contributed by atoms with van der Waals surface area (Å²) in [5.41, 5.74) is 4.86. The van der Waals surface area contributed by atoms with Gasteiger partial charge in [-0.15, -0.1) is 0 Å². The average Bonchev–Trinajstić information content (AvgIpc) is 3.38. The summed E-state index contributed by atoms with van der Waals surface area (Å²) >= 11 is 0. The number of rotatable bonds is 2. The number of nitrogens with zero attached hydrogens (tertiary/aromatic N) is 2. The molecule has 1 heterocycles. The molecule has 4 aliphatic carbocycles. The normalized spacial score (nSPS) is 41.8. The zero-order valence-electron chi connectivity index (χ0n) is 19.0. The van der Waals surface area contributed by atoms with Crippen LogP contribution in [0, 0.1) is 28.6 Å². The van der Waals surface area contributed by atoms with Crippen molar-refractivity contribution >= 4 is 0 Å². The van der Waals surface area contributed by atoms with Crippen molar-refractivity contribution in [1.29, 1.82) is 0 Å². The fourth-order valence-electron chi connectivity index (χ4n) is 8.49. The lowest BCUT2D eigenvalue weighted by molar-refractivity contribution is -0.0414. The van der Waals surface area contributed by atoms with E-state index in [1.54, 1.807) is 5.57 Å². The molecule has 7 unspecified atom stereocenters. The molecule has 0 radical (unpaired) electrons. The predicted molar refractivity (Wildman–Crippen MR) is 124 cm³/mol. The molecule has 7 atom stereocenters. The van der Waals surface area contributed by atoms with E-state index in [0.29, 0.717) is 16.7 Å². The monoisotopic (exact) mass is 416 g/mol. The summed E-state index contributed by atoms with van der Waals surface area (Å²) in [7, 11) is 0. The molecule has 4 aliphatic rings. The molecule has 0 bridgehead atoms. The number of aliphatic hydroxyl groups is 1. The SMILES string of the molecule is CC12CCC(O)CC1=CCC1C2CCC2(C)C(c3ccnn3-c3ccccc3)CCC12. The Kier molecular flexibility index (Phi) is 4.51. The molecule has 0 spiro atoms. The summed E-state index contributed by atoms with van der Waals surface area (Å²) in [5, 5.41) is 15.0. The molecule has 164 valence electrons. The molecule has 0 amide bonds. The minimum absolute atomic E-state index is 0.112. The first-order chi connectivity index (χ1) is 15.0. The Bertz CT molecular complexity index is 993. The Balaban J connectivity index is 1.33. The molecule has 31 heavy (non-hydrogen) atoms. The minimum atomic E-state index is -0.112. The zero-order valence-corrected chi connectivity index (χ0v) is 19.0. The van der Waals surface area contributed by atoms with Crippen LogP contribution in [0.15, 0.2) is 54.2 Å². The first kappa shape index (κ1) is 19.8. The second-order valence-electron chi connectivity index (χ2n) is 11.3. The van der Waals surface area contributed by atoms with Gasteiger partial charge in [-0.05, 0) is 98.1 Å². The summed E-state index contributed by atoms with van der Waals surface area (Å²) < 4.78 is 2.20. The minimum Gasteiger partial charge on any atom is -0.393 e. The highest BCUT2D eigenvalue weighted by molar-refractivity contribution is 5.35. The quantitative estimate of drug-likeness (QED) is 0.585. The number of aromatic nitrogens is 2. The molecule has 0 saturated heterocycles. The second kappa shape index (κ2) is 7.07. The molecule has 2 aromatic rings. The number of hydrogen-bond acceptors (Lipinski definition) is 2. The Morgan fingerprint density at radius 1 is 0.968 bits per heavy atom. The molecule has 3 fully saturated rings. The number of aliphatic hydroxyl groups excluding tert-OH is 1. The summed E-state index contributed by atoms with van der Waals surface area (Å²) in [6.07, 6.45) is 14.1. The van der Waals surface area contributed by atoms with Crippen LogP contribution < -0.4 is 0 Å². The Labute approximate surface area is 186 Å².